The first-order valence-electron chi connectivity index (χ1n) is 5.42. The molecule has 3 heteroatoms. The summed E-state index contributed by atoms with van der Waals surface area (Å²) < 4.78 is 4.99. The van der Waals surface area contributed by atoms with Gasteiger partial charge in [-0.25, -0.2) is 0 Å². The highest BCUT2D eigenvalue weighted by Gasteiger charge is 2.52. The first kappa shape index (κ1) is 10.5. The molecule has 0 spiro atoms. The van der Waals surface area contributed by atoms with Crippen LogP contribution >= 0.6 is 15.9 Å². The predicted octanol–water partition coefficient (Wildman–Crippen LogP) is 2.89. The Hall–Kier alpha value is -0.0500. The van der Waals surface area contributed by atoms with Crippen LogP contribution in [0, 0.1) is 11.8 Å². The minimum Gasteiger partial charge on any atom is -0.461 e. The fourth-order valence-corrected chi connectivity index (χ4v) is 3.23. The molecule has 1 aliphatic heterocycles. The molecule has 0 bridgehead atoms. The Morgan fingerprint density at radius 1 is 1.36 bits per heavy atom. The van der Waals surface area contributed by atoms with E-state index in [-0.39, 0.29) is 12.1 Å². The summed E-state index contributed by atoms with van der Waals surface area (Å²) in [5.41, 5.74) is 0. The van der Waals surface area contributed by atoms with Crippen LogP contribution in [0.4, 0.5) is 0 Å². The first-order valence-corrected chi connectivity index (χ1v) is 6.21. The van der Waals surface area contributed by atoms with Gasteiger partial charge in [0.1, 0.15) is 10.4 Å². The van der Waals surface area contributed by atoms with Gasteiger partial charge in [-0.15, -0.1) is 0 Å². The zero-order valence-electron chi connectivity index (χ0n) is 8.75. The van der Waals surface area contributed by atoms with Crippen molar-refractivity contribution in [2.75, 3.05) is 0 Å². The van der Waals surface area contributed by atoms with Gasteiger partial charge in [0.15, 0.2) is 0 Å². The van der Waals surface area contributed by atoms with Crippen molar-refractivity contribution < 1.29 is 9.53 Å². The lowest BCUT2D eigenvalue weighted by atomic mass is 9.88. The van der Waals surface area contributed by atoms with E-state index in [4.69, 9.17) is 4.74 Å². The number of esters is 1. The number of halogens is 1. The maximum atomic E-state index is 11.6. The van der Waals surface area contributed by atoms with Crippen LogP contribution in [-0.2, 0) is 9.53 Å². The highest BCUT2D eigenvalue weighted by Crippen LogP contribution is 2.45. The van der Waals surface area contributed by atoms with Gasteiger partial charge in [0.05, 0.1) is 0 Å². The van der Waals surface area contributed by atoms with Crippen molar-refractivity contribution in [2.45, 2.75) is 50.0 Å². The van der Waals surface area contributed by atoms with Crippen LogP contribution in [0.1, 0.15) is 39.5 Å². The van der Waals surface area contributed by atoms with E-state index >= 15 is 0 Å². The summed E-state index contributed by atoms with van der Waals surface area (Å²) in [7, 11) is 0. The zero-order chi connectivity index (χ0) is 10.3. The van der Waals surface area contributed by atoms with Crippen LogP contribution in [0.5, 0.6) is 0 Å². The summed E-state index contributed by atoms with van der Waals surface area (Å²) in [5.74, 6) is 1.09. The molecule has 80 valence electrons. The molecule has 2 aliphatic rings. The lowest BCUT2D eigenvalue weighted by Crippen LogP contribution is -2.31. The van der Waals surface area contributed by atoms with E-state index in [9.17, 15) is 4.79 Å². The molecular formula is C11H17BrO2. The van der Waals surface area contributed by atoms with Crippen molar-refractivity contribution in [1.82, 2.24) is 0 Å². The Bertz CT molecular complexity index is 250. The number of hydrogen-bond acceptors (Lipinski definition) is 2. The van der Waals surface area contributed by atoms with Gasteiger partial charge < -0.3 is 4.74 Å². The number of ether oxygens (including phenoxy) is 1. The molecule has 2 rings (SSSR count). The molecule has 1 aliphatic carbocycles. The fraction of sp³-hybridized carbons (Fsp3) is 0.909. The SMILES string of the molecule is C[C@@H]1CC[C@@H]2OC(=O)[C@](C)(Br)[C@@H]2CC1. The lowest BCUT2D eigenvalue weighted by Gasteiger charge is -2.21. The van der Waals surface area contributed by atoms with Crippen molar-refractivity contribution in [3.8, 4) is 0 Å². The minimum atomic E-state index is -0.429. The number of carbonyl (C=O) groups excluding carboxylic acids is 1. The molecule has 4 atom stereocenters. The van der Waals surface area contributed by atoms with Gasteiger partial charge in [-0.3, -0.25) is 4.79 Å². The van der Waals surface area contributed by atoms with Crippen molar-refractivity contribution >= 4 is 21.9 Å². The summed E-state index contributed by atoms with van der Waals surface area (Å²) in [6.45, 7) is 4.24. The third-order valence-corrected chi connectivity index (χ3v) is 4.63. The quantitative estimate of drug-likeness (QED) is 0.495. The second-order valence-electron chi connectivity index (χ2n) is 4.89. The molecule has 0 aromatic heterocycles. The number of rotatable bonds is 0. The van der Waals surface area contributed by atoms with Gasteiger partial charge in [0.2, 0.25) is 0 Å². The van der Waals surface area contributed by atoms with E-state index in [2.05, 4.69) is 22.9 Å². The molecule has 2 fully saturated rings. The van der Waals surface area contributed by atoms with E-state index in [0.717, 1.165) is 18.8 Å². The topological polar surface area (TPSA) is 26.3 Å². The van der Waals surface area contributed by atoms with Gasteiger partial charge in [-0.2, -0.15) is 0 Å². The highest BCUT2D eigenvalue weighted by molar-refractivity contribution is 9.10. The van der Waals surface area contributed by atoms with Crippen molar-refractivity contribution in [3.05, 3.63) is 0 Å². The van der Waals surface area contributed by atoms with E-state index in [0.29, 0.717) is 5.92 Å². The summed E-state index contributed by atoms with van der Waals surface area (Å²) in [6, 6.07) is 0. The molecule has 0 N–H and O–H groups in total. The smallest absolute Gasteiger partial charge is 0.323 e. The molecule has 0 unspecified atom stereocenters. The predicted molar refractivity (Wildman–Crippen MR) is 58.3 cm³/mol. The highest BCUT2D eigenvalue weighted by atomic mass is 79.9. The molecule has 1 heterocycles. The Balaban J connectivity index is 2.17. The van der Waals surface area contributed by atoms with Gasteiger partial charge in [0.25, 0.3) is 0 Å². The van der Waals surface area contributed by atoms with Crippen LogP contribution in [0.2, 0.25) is 0 Å². The van der Waals surface area contributed by atoms with E-state index in [1.54, 1.807) is 0 Å². The van der Waals surface area contributed by atoms with Crippen LogP contribution in [0.25, 0.3) is 0 Å². The summed E-state index contributed by atoms with van der Waals surface area (Å²) in [6.07, 6.45) is 4.73. The standard InChI is InChI=1S/C11H17BrO2/c1-7-3-5-8-9(6-4-7)14-10(13)11(8,2)12/h7-9H,3-6H2,1-2H3/t7-,8+,9-,11+/m0/s1. The molecule has 0 aromatic rings. The average Bonchev–Trinajstić information content (AvgIpc) is 2.25. The normalized spacial score (nSPS) is 48.2. The maximum Gasteiger partial charge on any atom is 0.323 e. The molecule has 1 saturated carbocycles. The van der Waals surface area contributed by atoms with Gasteiger partial charge in [0, 0.05) is 5.92 Å². The minimum absolute atomic E-state index is 0.0675. The largest absolute Gasteiger partial charge is 0.461 e. The van der Waals surface area contributed by atoms with Gasteiger partial charge in [-0.05, 0) is 32.1 Å². The third kappa shape index (κ3) is 1.60. The van der Waals surface area contributed by atoms with E-state index in [1.165, 1.54) is 12.8 Å². The van der Waals surface area contributed by atoms with Gasteiger partial charge in [-0.1, -0.05) is 29.3 Å². The molecule has 0 radical (unpaired) electrons. The average molecular weight is 261 g/mol. The number of carbonyl (C=O) groups is 1. The summed E-state index contributed by atoms with van der Waals surface area (Å²) in [4.78, 5) is 11.6. The number of alkyl halides is 1. The summed E-state index contributed by atoms with van der Waals surface area (Å²) >= 11 is 3.53. The first-order chi connectivity index (χ1) is 6.51. The van der Waals surface area contributed by atoms with Crippen molar-refractivity contribution in [2.24, 2.45) is 11.8 Å². The van der Waals surface area contributed by atoms with E-state index in [1.807, 2.05) is 6.92 Å². The molecular weight excluding hydrogens is 244 g/mol. The monoisotopic (exact) mass is 260 g/mol. The van der Waals surface area contributed by atoms with Crippen molar-refractivity contribution in [3.63, 3.8) is 0 Å². The zero-order valence-corrected chi connectivity index (χ0v) is 10.3. The molecule has 2 nitrogen and oxygen atoms in total. The molecule has 1 saturated heterocycles. The Labute approximate surface area is 93.5 Å². The maximum absolute atomic E-state index is 11.6. The van der Waals surface area contributed by atoms with Crippen molar-refractivity contribution in [1.29, 1.82) is 0 Å². The summed E-state index contributed by atoms with van der Waals surface area (Å²) in [5, 5.41) is 0. The van der Waals surface area contributed by atoms with Crippen LogP contribution in [0.15, 0.2) is 0 Å². The second-order valence-corrected chi connectivity index (χ2v) is 6.53. The molecule has 0 amide bonds. The number of hydrogen-bond donors (Lipinski definition) is 0. The number of fused-ring (bicyclic) bond motifs is 1. The van der Waals surface area contributed by atoms with Gasteiger partial charge >= 0.3 is 5.97 Å². The van der Waals surface area contributed by atoms with Crippen LogP contribution < -0.4 is 0 Å². The fourth-order valence-electron chi connectivity index (χ4n) is 2.61. The Morgan fingerprint density at radius 2 is 2.00 bits per heavy atom. The Morgan fingerprint density at radius 3 is 2.71 bits per heavy atom. The second kappa shape index (κ2) is 3.51. The Kier molecular flexibility index (Phi) is 2.63. The van der Waals surface area contributed by atoms with Crippen LogP contribution in [0.3, 0.4) is 0 Å². The van der Waals surface area contributed by atoms with E-state index < -0.39 is 4.32 Å². The molecule has 0 aromatic carbocycles. The third-order valence-electron chi connectivity index (χ3n) is 3.72. The van der Waals surface area contributed by atoms with Crippen LogP contribution in [-0.4, -0.2) is 16.4 Å². The molecule has 14 heavy (non-hydrogen) atoms. The lowest BCUT2D eigenvalue weighted by molar-refractivity contribution is -0.143.